The summed E-state index contributed by atoms with van der Waals surface area (Å²) in [6.45, 7) is 2.24. The van der Waals surface area contributed by atoms with Gasteiger partial charge in [0.1, 0.15) is 23.1 Å². The standard InChI is InChI=1S/C40H52F10O2/c1-2-3-4-5-6-7-25-8-10-26(11-9-25)27-12-14-28(15-13-27)29-16-18-31(19-17-29)38(44,45)51-32-20-21-33(34(41)24-32)30-22-35(42)37(36(43)23-30)39(46,47)52-40(48,49)50/h16,18,22,24-28,30,32-33H,2-15,17,19-21,23H2,1H3/t25?,26?,27?,28?,30-,32+,33+/m0/s1. The first-order chi connectivity index (χ1) is 24.6. The fourth-order valence-electron chi connectivity index (χ4n) is 9.35. The van der Waals surface area contributed by atoms with Crippen LogP contribution in [0.4, 0.5) is 43.9 Å². The van der Waals surface area contributed by atoms with E-state index in [1.165, 1.54) is 88.7 Å². The third-order valence-electron chi connectivity index (χ3n) is 12.2. The molecule has 0 saturated heterocycles. The smallest absolute Gasteiger partial charge is 0.309 e. The molecule has 5 aliphatic rings. The highest BCUT2D eigenvalue weighted by Crippen LogP contribution is 2.49. The number of hydrogen-bond acceptors (Lipinski definition) is 2. The molecule has 2 saturated carbocycles. The Balaban J connectivity index is 1.08. The summed E-state index contributed by atoms with van der Waals surface area (Å²) in [4.78, 5) is 0. The van der Waals surface area contributed by atoms with Crippen molar-refractivity contribution >= 4 is 0 Å². The topological polar surface area (TPSA) is 18.5 Å². The van der Waals surface area contributed by atoms with Gasteiger partial charge in [0.05, 0.1) is 6.10 Å². The Morgan fingerprint density at radius 2 is 1.35 bits per heavy atom. The van der Waals surface area contributed by atoms with Gasteiger partial charge in [-0.25, -0.2) is 17.9 Å². The van der Waals surface area contributed by atoms with Crippen LogP contribution in [0, 0.1) is 35.5 Å². The highest BCUT2D eigenvalue weighted by atomic mass is 19.4. The van der Waals surface area contributed by atoms with E-state index in [1.54, 1.807) is 6.08 Å². The minimum atomic E-state index is -5.87. The molecule has 0 radical (unpaired) electrons. The van der Waals surface area contributed by atoms with Crippen LogP contribution < -0.4 is 0 Å². The van der Waals surface area contributed by atoms with Crippen LogP contribution in [-0.2, 0) is 9.47 Å². The predicted molar refractivity (Wildman–Crippen MR) is 179 cm³/mol. The third kappa shape index (κ3) is 10.8. The molecule has 2 fully saturated rings. The van der Waals surface area contributed by atoms with Crippen molar-refractivity contribution < 1.29 is 53.4 Å². The van der Waals surface area contributed by atoms with Crippen LogP contribution in [0.2, 0.25) is 0 Å². The SMILES string of the molecule is CCCCCCCC1CCC(C2CCC(C3=CC=C(C(F)(F)O[C@H]4C=C(F)[C@@H]([C@H]5C=C(F)C(C(F)(F)OC(F)(F)F)=C(F)C5)CC4)CC3)CC2)CC1. The molecule has 0 aliphatic heterocycles. The van der Waals surface area contributed by atoms with Crippen molar-refractivity contribution in [3.05, 3.63) is 58.5 Å². The lowest BCUT2D eigenvalue weighted by Gasteiger charge is -2.39. The first-order valence-electron chi connectivity index (χ1n) is 19.3. The average Bonchev–Trinajstić information content (AvgIpc) is 3.07. The molecule has 5 aliphatic carbocycles. The Hall–Kier alpha value is -2.08. The minimum absolute atomic E-state index is 0.103. The number of rotatable bonds is 14. The summed E-state index contributed by atoms with van der Waals surface area (Å²) in [6.07, 6.45) is 5.29. The van der Waals surface area contributed by atoms with Gasteiger partial charge in [-0.05, 0) is 106 Å². The van der Waals surface area contributed by atoms with Crippen molar-refractivity contribution in [2.24, 2.45) is 35.5 Å². The van der Waals surface area contributed by atoms with Crippen molar-refractivity contribution in [2.45, 2.75) is 154 Å². The lowest BCUT2D eigenvalue weighted by molar-refractivity contribution is -0.412. The van der Waals surface area contributed by atoms with E-state index in [2.05, 4.69) is 11.7 Å². The van der Waals surface area contributed by atoms with Gasteiger partial charge in [-0.1, -0.05) is 76.0 Å². The van der Waals surface area contributed by atoms with Crippen LogP contribution in [0.1, 0.15) is 129 Å². The van der Waals surface area contributed by atoms with Crippen LogP contribution in [0.5, 0.6) is 0 Å². The monoisotopic (exact) mass is 754 g/mol. The molecule has 0 aromatic rings. The molecule has 0 unspecified atom stereocenters. The van der Waals surface area contributed by atoms with Gasteiger partial charge in [0.25, 0.3) is 0 Å². The van der Waals surface area contributed by atoms with Crippen molar-refractivity contribution in [2.75, 3.05) is 0 Å². The fraction of sp³-hybridized carbons (Fsp3) is 0.750. The third-order valence-corrected chi connectivity index (χ3v) is 12.2. The van der Waals surface area contributed by atoms with Crippen LogP contribution in [0.15, 0.2) is 58.5 Å². The molecular weight excluding hydrogens is 702 g/mol. The molecular formula is C40H52F10O2. The zero-order valence-electron chi connectivity index (χ0n) is 29.9. The largest absolute Gasteiger partial charge is 0.527 e. The van der Waals surface area contributed by atoms with Crippen LogP contribution >= 0.6 is 0 Å². The van der Waals surface area contributed by atoms with Gasteiger partial charge in [-0.15, -0.1) is 13.2 Å². The molecule has 0 aromatic carbocycles. The molecule has 3 atom stereocenters. The zero-order valence-corrected chi connectivity index (χ0v) is 29.9. The number of alkyl halides is 7. The Bertz CT molecular complexity index is 1360. The van der Waals surface area contributed by atoms with E-state index in [9.17, 15) is 30.7 Å². The summed E-state index contributed by atoms with van der Waals surface area (Å²) >= 11 is 0. The van der Waals surface area contributed by atoms with E-state index < -0.39 is 66.0 Å². The first-order valence-corrected chi connectivity index (χ1v) is 19.3. The molecule has 294 valence electrons. The minimum Gasteiger partial charge on any atom is -0.309 e. The Labute approximate surface area is 300 Å². The maximum Gasteiger partial charge on any atom is 0.527 e. The van der Waals surface area contributed by atoms with Gasteiger partial charge in [0, 0.05) is 17.9 Å². The maximum absolute atomic E-state index is 15.3. The number of allylic oxidation sites excluding steroid dienone is 6. The van der Waals surface area contributed by atoms with Crippen molar-refractivity contribution in [1.29, 1.82) is 0 Å². The summed E-state index contributed by atoms with van der Waals surface area (Å²) in [5.41, 5.74) is -1.25. The van der Waals surface area contributed by atoms with E-state index in [0.717, 1.165) is 36.7 Å². The van der Waals surface area contributed by atoms with Crippen molar-refractivity contribution in [3.8, 4) is 0 Å². The average molecular weight is 755 g/mol. The summed E-state index contributed by atoms with van der Waals surface area (Å²) in [5, 5.41) is 0. The molecule has 0 bridgehead atoms. The van der Waals surface area contributed by atoms with Gasteiger partial charge in [0.15, 0.2) is 0 Å². The van der Waals surface area contributed by atoms with E-state index >= 15 is 13.2 Å². The normalized spacial score (nSPS) is 31.2. The maximum atomic E-state index is 15.3. The number of halogens is 10. The van der Waals surface area contributed by atoms with Crippen LogP contribution in [0.3, 0.4) is 0 Å². The Kier molecular flexibility index (Phi) is 13.9. The number of unbranched alkanes of at least 4 members (excludes halogenated alkanes) is 4. The Morgan fingerprint density at radius 3 is 1.92 bits per heavy atom. The summed E-state index contributed by atoms with van der Waals surface area (Å²) < 4.78 is 147. The number of ether oxygens (including phenoxy) is 2. The molecule has 52 heavy (non-hydrogen) atoms. The van der Waals surface area contributed by atoms with E-state index in [0.29, 0.717) is 18.4 Å². The highest BCUT2D eigenvalue weighted by molar-refractivity contribution is 5.37. The molecule has 0 amide bonds. The lowest BCUT2D eigenvalue weighted by atomic mass is 9.67. The quantitative estimate of drug-likeness (QED) is 0.130. The van der Waals surface area contributed by atoms with E-state index in [-0.39, 0.29) is 24.8 Å². The molecule has 0 spiro atoms. The fourth-order valence-corrected chi connectivity index (χ4v) is 9.35. The zero-order chi connectivity index (χ0) is 37.7. The predicted octanol–water partition coefficient (Wildman–Crippen LogP) is 14.1. The molecule has 0 heterocycles. The summed E-state index contributed by atoms with van der Waals surface area (Å²) in [7, 11) is 0. The van der Waals surface area contributed by atoms with Gasteiger partial charge in [-0.3, -0.25) is 0 Å². The van der Waals surface area contributed by atoms with Gasteiger partial charge < -0.3 is 4.74 Å². The molecule has 5 rings (SSSR count). The molecule has 2 nitrogen and oxygen atoms in total. The van der Waals surface area contributed by atoms with Crippen LogP contribution in [-0.4, -0.2) is 24.7 Å². The summed E-state index contributed by atoms with van der Waals surface area (Å²) in [5.74, 6) is -4.74. The molecule has 12 heteroatoms. The highest BCUT2D eigenvalue weighted by Gasteiger charge is 2.52. The van der Waals surface area contributed by atoms with Crippen LogP contribution in [0.25, 0.3) is 0 Å². The van der Waals surface area contributed by atoms with Crippen molar-refractivity contribution in [3.63, 3.8) is 0 Å². The van der Waals surface area contributed by atoms with Gasteiger partial charge >= 0.3 is 18.6 Å². The van der Waals surface area contributed by atoms with Gasteiger partial charge in [-0.2, -0.15) is 17.6 Å². The van der Waals surface area contributed by atoms with Crippen molar-refractivity contribution in [1.82, 2.24) is 0 Å². The Morgan fingerprint density at radius 1 is 0.692 bits per heavy atom. The van der Waals surface area contributed by atoms with E-state index in [1.807, 2.05) is 0 Å². The lowest BCUT2D eigenvalue weighted by Crippen LogP contribution is -2.35. The second-order valence-electron chi connectivity index (χ2n) is 15.7. The second-order valence-corrected chi connectivity index (χ2v) is 15.7. The first kappa shape index (κ1) is 41.1. The molecule has 0 aromatic heterocycles. The van der Waals surface area contributed by atoms with Gasteiger partial charge in [0.2, 0.25) is 0 Å². The summed E-state index contributed by atoms with van der Waals surface area (Å²) in [6, 6.07) is 0. The van der Waals surface area contributed by atoms with E-state index in [4.69, 9.17) is 4.74 Å². The number of hydrogen-bond donors (Lipinski definition) is 0. The second kappa shape index (κ2) is 17.6. The molecule has 0 N–H and O–H groups in total.